The molecule has 0 radical (unpaired) electrons. The summed E-state index contributed by atoms with van der Waals surface area (Å²) in [6.07, 6.45) is 1.81. The number of benzene rings is 1. The number of alkyl halides is 1. The molecule has 90 valence electrons. The van der Waals surface area contributed by atoms with E-state index in [0.717, 1.165) is 16.8 Å². The van der Waals surface area contributed by atoms with Gasteiger partial charge in [-0.15, -0.1) is 16.7 Å². The average molecular weight is 254 g/mol. The van der Waals surface area contributed by atoms with Gasteiger partial charge >= 0.3 is 0 Å². The molecule has 0 aliphatic heterocycles. The van der Waals surface area contributed by atoms with Crippen molar-refractivity contribution in [2.45, 2.75) is 25.8 Å². The Labute approximate surface area is 104 Å². The fourth-order valence-corrected chi connectivity index (χ4v) is 1.68. The van der Waals surface area contributed by atoms with Gasteiger partial charge in [-0.1, -0.05) is 11.3 Å². The first-order valence-corrected chi connectivity index (χ1v) is 5.79. The molecule has 1 heterocycles. The van der Waals surface area contributed by atoms with Crippen LogP contribution in [0.3, 0.4) is 0 Å². The summed E-state index contributed by atoms with van der Waals surface area (Å²) < 4.78 is 14.6. The average Bonchev–Trinajstić information content (AvgIpc) is 2.71. The Kier molecular flexibility index (Phi) is 3.43. The molecule has 1 unspecified atom stereocenters. The number of nitrogens with zero attached hydrogens (tertiary/aromatic N) is 3. The van der Waals surface area contributed by atoms with Gasteiger partial charge in [0.05, 0.1) is 18.1 Å². The zero-order chi connectivity index (χ0) is 12.4. The Balaban J connectivity index is 2.19. The number of halogens is 2. The summed E-state index contributed by atoms with van der Waals surface area (Å²) in [7, 11) is 0. The van der Waals surface area contributed by atoms with Crippen molar-refractivity contribution in [3.05, 3.63) is 47.0 Å². The lowest BCUT2D eigenvalue weighted by atomic mass is 10.1. The third kappa shape index (κ3) is 2.82. The van der Waals surface area contributed by atoms with Gasteiger partial charge in [0.2, 0.25) is 0 Å². The number of hydrogen-bond donors (Lipinski definition) is 0. The summed E-state index contributed by atoms with van der Waals surface area (Å²) in [4.78, 5) is 0. The second-order valence-electron chi connectivity index (χ2n) is 4.03. The largest absolute Gasteiger partial charge is 0.248 e. The molecule has 0 fully saturated rings. The van der Waals surface area contributed by atoms with Crippen molar-refractivity contribution >= 4 is 11.6 Å². The third-order valence-electron chi connectivity index (χ3n) is 2.60. The lowest BCUT2D eigenvalue weighted by molar-refractivity contribution is 0.619. The molecule has 0 bridgehead atoms. The van der Waals surface area contributed by atoms with Crippen LogP contribution in [0.2, 0.25) is 0 Å². The van der Waals surface area contributed by atoms with E-state index in [0.29, 0.717) is 6.54 Å². The molecule has 0 saturated carbocycles. The fraction of sp³-hybridized carbons (Fsp3) is 0.333. The molecule has 0 aliphatic carbocycles. The molecule has 2 aromatic rings. The van der Waals surface area contributed by atoms with E-state index in [9.17, 15) is 4.39 Å². The van der Waals surface area contributed by atoms with Crippen molar-refractivity contribution in [1.82, 2.24) is 15.0 Å². The summed E-state index contributed by atoms with van der Waals surface area (Å²) in [6.45, 7) is 4.29. The SMILES string of the molecule is Cc1cc(F)ccc1Cn1cc(C(C)Cl)nn1. The van der Waals surface area contributed by atoms with E-state index in [1.165, 1.54) is 12.1 Å². The first kappa shape index (κ1) is 12.0. The maximum absolute atomic E-state index is 12.9. The maximum atomic E-state index is 12.9. The van der Waals surface area contributed by atoms with Crippen molar-refractivity contribution in [3.63, 3.8) is 0 Å². The molecular weight excluding hydrogens is 241 g/mol. The molecular formula is C12H13ClFN3. The summed E-state index contributed by atoms with van der Waals surface area (Å²) >= 11 is 5.91. The number of aryl methyl sites for hydroxylation is 1. The first-order chi connectivity index (χ1) is 8.06. The molecule has 0 spiro atoms. The maximum Gasteiger partial charge on any atom is 0.123 e. The van der Waals surface area contributed by atoms with Gasteiger partial charge in [0.25, 0.3) is 0 Å². The van der Waals surface area contributed by atoms with E-state index in [1.54, 1.807) is 16.9 Å². The highest BCUT2D eigenvalue weighted by atomic mass is 35.5. The van der Waals surface area contributed by atoms with Gasteiger partial charge in [0, 0.05) is 0 Å². The Hall–Kier alpha value is -1.42. The zero-order valence-electron chi connectivity index (χ0n) is 9.69. The molecule has 0 N–H and O–H groups in total. The summed E-state index contributed by atoms with van der Waals surface area (Å²) in [6, 6.07) is 4.72. The van der Waals surface area contributed by atoms with Crippen LogP contribution < -0.4 is 0 Å². The van der Waals surface area contributed by atoms with Crippen LogP contribution in [0.4, 0.5) is 4.39 Å². The lowest BCUT2D eigenvalue weighted by Gasteiger charge is -2.05. The van der Waals surface area contributed by atoms with Crippen LogP contribution in [0.25, 0.3) is 0 Å². The second-order valence-corrected chi connectivity index (χ2v) is 4.68. The van der Waals surface area contributed by atoms with E-state index in [4.69, 9.17) is 11.6 Å². The zero-order valence-corrected chi connectivity index (χ0v) is 10.4. The smallest absolute Gasteiger partial charge is 0.123 e. The van der Waals surface area contributed by atoms with Crippen LogP contribution in [0.5, 0.6) is 0 Å². The predicted molar refractivity (Wildman–Crippen MR) is 64.5 cm³/mol. The molecule has 0 aliphatic rings. The molecule has 1 aromatic carbocycles. The van der Waals surface area contributed by atoms with Gasteiger partial charge in [-0.2, -0.15) is 0 Å². The van der Waals surface area contributed by atoms with Crippen molar-refractivity contribution in [2.75, 3.05) is 0 Å². The van der Waals surface area contributed by atoms with Gasteiger partial charge < -0.3 is 0 Å². The van der Waals surface area contributed by atoms with Gasteiger partial charge in [-0.3, -0.25) is 0 Å². The quantitative estimate of drug-likeness (QED) is 0.787. The van der Waals surface area contributed by atoms with E-state index in [2.05, 4.69) is 10.3 Å². The number of rotatable bonds is 3. The molecule has 2 rings (SSSR count). The van der Waals surface area contributed by atoms with Gasteiger partial charge in [-0.05, 0) is 37.1 Å². The minimum Gasteiger partial charge on any atom is -0.248 e. The van der Waals surface area contributed by atoms with Gasteiger partial charge in [0.1, 0.15) is 11.5 Å². The predicted octanol–water partition coefficient (Wildman–Crippen LogP) is 3.07. The number of aromatic nitrogens is 3. The number of hydrogen-bond acceptors (Lipinski definition) is 2. The second kappa shape index (κ2) is 4.84. The Morgan fingerprint density at radius 3 is 2.82 bits per heavy atom. The van der Waals surface area contributed by atoms with E-state index in [-0.39, 0.29) is 11.2 Å². The van der Waals surface area contributed by atoms with Crippen LogP contribution in [0.1, 0.15) is 29.1 Å². The molecule has 5 heteroatoms. The van der Waals surface area contributed by atoms with Crippen LogP contribution in [0.15, 0.2) is 24.4 Å². The summed E-state index contributed by atoms with van der Waals surface area (Å²) in [5, 5.41) is 7.80. The van der Waals surface area contributed by atoms with Gasteiger partial charge in [-0.25, -0.2) is 9.07 Å². The highest BCUT2D eigenvalue weighted by Gasteiger charge is 2.08. The molecule has 0 saturated heterocycles. The Morgan fingerprint density at radius 2 is 2.24 bits per heavy atom. The van der Waals surface area contributed by atoms with Crippen molar-refractivity contribution < 1.29 is 4.39 Å². The highest BCUT2D eigenvalue weighted by Crippen LogP contribution is 2.16. The van der Waals surface area contributed by atoms with Crippen molar-refractivity contribution in [3.8, 4) is 0 Å². The Bertz CT molecular complexity index is 522. The van der Waals surface area contributed by atoms with Crippen LogP contribution in [-0.4, -0.2) is 15.0 Å². The minimum absolute atomic E-state index is 0.155. The van der Waals surface area contributed by atoms with Crippen LogP contribution >= 0.6 is 11.6 Å². The van der Waals surface area contributed by atoms with Crippen LogP contribution in [-0.2, 0) is 6.54 Å². The van der Waals surface area contributed by atoms with Crippen LogP contribution in [0, 0.1) is 12.7 Å². The Morgan fingerprint density at radius 1 is 1.47 bits per heavy atom. The minimum atomic E-state index is -0.222. The summed E-state index contributed by atoms with van der Waals surface area (Å²) in [5.41, 5.74) is 2.66. The topological polar surface area (TPSA) is 30.7 Å². The standard InChI is InChI=1S/C12H13ClFN3/c1-8-5-11(14)4-3-10(8)6-17-7-12(9(2)13)15-16-17/h3-5,7,9H,6H2,1-2H3. The molecule has 1 atom stereocenters. The molecule has 17 heavy (non-hydrogen) atoms. The van der Waals surface area contributed by atoms with E-state index < -0.39 is 0 Å². The van der Waals surface area contributed by atoms with E-state index >= 15 is 0 Å². The molecule has 1 aromatic heterocycles. The third-order valence-corrected chi connectivity index (χ3v) is 2.82. The van der Waals surface area contributed by atoms with Crippen molar-refractivity contribution in [1.29, 1.82) is 0 Å². The lowest BCUT2D eigenvalue weighted by Crippen LogP contribution is -2.02. The monoisotopic (exact) mass is 253 g/mol. The normalized spacial score (nSPS) is 12.7. The van der Waals surface area contributed by atoms with E-state index in [1.807, 2.05) is 13.8 Å². The summed E-state index contributed by atoms with van der Waals surface area (Å²) in [5.74, 6) is -0.222. The first-order valence-electron chi connectivity index (χ1n) is 5.35. The van der Waals surface area contributed by atoms with Crippen molar-refractivity contribution in [2.24, 2.45) is 0 Å². The molecule has 0 amide bonds. The van der Waals surface area contributed by atoms with Gasteiger partial charge in [0.15, 0.2) is 0 Å². The molecule has 3 nitrogen and oxygen atoms in total. The fourth-order valence-electron chi connectivity index (χ4n) is 1.58. The highest BCUT2D eigenvalue weighted by molar-refractivity contribution is 6.20.